The molecular weight excluding hydrogens is 236 g/mol. The van der Waals surface area contributed by atoms with Crippen LogP contribution in [0.15, 0.2) is 24.3 Å². The summed E-state index contributed by atoms with van der Waals surface area (Å²) < 4.78 is 0. The van der Waals surface area contributed by atoms with Gasteiger partial charge in [0.15, 0.2) is 0 Å². The van der Waals surface area contributed by atoms with Crippen molar-refractivity contribution < 1.29 is 4.79 Å². The second-order valence-electron chi connectivity index (χ2n) is 5.80. The lowest BCUT2D eigenvalue weighted by Gasteiger charge is -2.18. The van der Waals surface area contributed by atoms with Crippen LogP contribution in [0.5, 0.6) is 0 Å². The average molecular weight is 260 g/mol. The molecule has 0 aliphatic heterocycles. The van der Waals surface area contributed by atoms with Crippen LogP contribution in [0.3, 0.4) is 0 Å². The van der Waals surface area contributed by atoms with E-state index in [1.165, 1.54) is 5.56 Å². The van der Waals surface area contributed by atoms with Gasteiger partial charge in [-0.2, -0.15) is 0 Å². The number of anilines is 1. The largest absolute Gasteiger partial charge is 0.330 e. The summed E-state index contributed by atoms with van der Waals surface area (Å²) in [5.74, 6) is 1.05. The molecule has 1 aromatic carbocycles. The summed E-state index contributed by atoms with van der Waals surface area (Å²) in [6, 6.07) is 8.11. The van der Waals surface area contributed by atoms with E-state index in [0.717, 1.165) is 24.9 Å². The van der Waals surface area contributed by atoms with E-state index < -0.39 is 0 Å². The van der Waals surface area contributed by atoms with Crippen LogP contribution in [0, 0.1) is 11.8 Å². The molecule has 19 heavy (non-hydrogen) atoms. The number of rotatable bonds is 4. The maximum absolute atomic E-state index is 12.3. The molecule has 0 radical (unpaired) electrons. The Balaban J connectivity index is 2.04. The van der Waals surface area contributed by atoms with Gasteiger partial charge in [0, 0.05) is 11.6 Å². The number of carbonyl (C=O) groups is 1. The monoisotopic (exact) mass is 260 g/mol. The molecule has 1 saturated carbocycles. The predicted octanol–water partition coefficient (Wildman–Crippen LogP) is 3.12. The summed E-state index contributed by atoms with van der Waals surface area (Å²) >= 11 is 0. The van der Waals surface area contributed by atoms with Crippen molar-refractivity contribution in [2.75, 3.05) is 11.9 Å². The molecular formula is C16H24N2O. The van der Waals surface area contributed by atoms with E-state index in [-0.39, 0.29) is 11.8 Å². The third kappa shape index (κ3) is 3.35. The average Bonchev–Trinajstić information content (AvgIpc) is 2.87. The third-order valence-corrected chi connectivity index (χ3v) is 4.12. The Morgan fingerprint density at radius 1 is 1.42 bits per heavy atom. The van der Waals surface area contributed by atoms with Gasteiger partial charge < -0.3 is 11.1 Å². The van der Waals surface area contributed by atoms with E-state index in [2.05, 4.69) is 31.3 Å². The van der Waals surface area contributed by atoms with Gasteiger partial charge in [0.1, 0.15) is 0 Å². The Kier molecular flexibility index (Phi) is 4.59. The van der Waals surface area contributed by atoms with Gasteiger partial charge in [-0.05, 0) is 48.9 Å². The molecule has 2 rings (SSSR count). The van der Waals surface area contributed by atoms with E-state index in [1.54, 1.807) is 0 Å². The van der Waals surface area contributed by atoms with Gasteiger partial charge in [-0.3, -0.25) is 4.79 Å². The van der Waals surface area contributed by atoms with Crippen molar-refractivity contribution in [3.8, 4) is 0 Å². The van der Waals surface area contributed by atoms with Gasteiger partial charge >= 0.3 is 0 Å². The summed E-state index contributed by atoms with van der Waals surface area (Å²) in [6.45, 7) is 4.93. The Bertz CT molecular complexity index is 442. The third-order valence-electron chi connectivity index (χ3n) is 4.12. The fraction of sp³-hybridized carbons (Fsp3) is 0.562. The van der Waals surface area contributed by atoms with Gasteiger partial charge in [0.05, 0.1) is 0 Å². The molecule has 1 aliphatic rings. The van der Waals surface area contributed by atoms with Crippen LogP contribution in [0.25, 0.3) is 0 Å². The lowest BCUT2D eigenvalue weighted by atomic mass is 9.95. The van der Waals surface area contributed by atoms with Gasteiger partial charge in [0.25, 0.3) is 0 Å². The number of benzene rings is 1. The molecule has 3 nitrogen and oxygen atoms in total. The highest BCUT2D eigenvalue weighted by molar-refractivity contribution is 5.93. The van der Waals surface area contributed by atoms with E-state index in [0.29, 0.717) is 18.4 Å². The van der Waals surface area contributed by atoms with E-state index in [9.17, 15) is 4.79 Å². The molecule has 1 aliphatic carbocycles. The molecule has 0 bridgehead atoms. The van der Waals surface area contributed by atoms with Crippen LogP contribution in [0.2, 0.25) is 0 Å². The molecule has 0 saturated heterocycles. The summed E-state index contributed by atoms with van der Waals surface area (Å²) in [7, 11) is 0. The normalized spacial score (nSPS) is 22.7. The molecule has 3 N–H and O–H groups in total. The lowest BCUT2D eigenvalue weighted by molar-refractivity contribution is -0.120. The van der Waals surface area contributed by atoms with Gasteiger partial charge in [-0.15, -0.1) is 0 Å². The van der Waals surface area contributed by atoms with Crippen molar-refractivity contribution in [2.45, 2.75) is 39.0 Å². The predicted molar refractivity (Wildman–Crippen MR) is 79.0 cm³/mol. The Morgan fingerprint density at radius 3 is 2.89 bits per heavy atom. The first-order valence-electron chi connectivity index (χ1n) is 7.22. The first kappa shape index (κ1) is 14.1. The quantitative estimate of drug-likeness (QED) is 0.874. The van der Waals surface area contributed by atoms with Gasteiger partial charge in [-0.1, -0.05) is 32.4 Å². The van der Waals surface area contributed by atoms with Crippen molar-refractivity contribution in [2.24, 2.45) is 17.6 Å². The number of nitrogens with two attached hydrogens (primary N) is 1. The molecule has 1 amide bonds. The summed E-state index contributed by atoms with van der Waals surface area (Å²) in [6.07, 6.45) is 3.17. The van der Waals surface area contributed by atoms with Gasteiger partial charge in [-0.25, -0.2) is 0 Å². The molecule has 1 fully saturated rings. The molecule has 104 valence electrons. The molecule has 0 spiro atoms. The minimum atomic E-state index is 0.0905. The first-order chi connectivity index (χ1) is 9.11. The summed E-state index contributed by atoms with van der Waals surface area (Å²) in [5, 5.41) is 3.05. The zero-order valence-corrected chi connectivity index (χ0v) is 11.9. The van der Waals surface area contributed by atoms with Crippen LogP contribution >= 0.6 is 0 Å². The maximum atomic E-state index is 12.3. The number of hydrogen-bond acceptors (Lipinski definition) is 2. The van der Waals surface area contributed by atoms with Crippen molar-refractivity contribution in [1.82, 2.24) is 0 Å². The van der Waals surface area contributed by atoms with Crippen molar-refractivity contribution in [1.29, 1.82) is 0 Å². The van der Waals surface area contributed by atoms with Crippen molar-refractivity contribution >= 4 is 11.6 Å². The van der Waals surface area contributed by atoms with Crippen LogP contribution in [0.4, 0.5) is 5.69 Å². The van der Waals surface area contributed by atoms with E-state index in [4.69, 9.17) is 5.73 Å². The second kappa shape index (κ2) is 6.20. The number of carbonyl (C=O) groups excluding carboxylic acids is 1. The highest BCUT2D eigenvalue weighted by Gasteiger charge is 2.31. The number of hydrogen-bond donors (Lipinski definition) is 2. The maximum Gasteiger partial charge on any atom is 0.227 e. The molecule has 0 heterocycles. The lowest BCUT2D eigenvalue weighted by Crippen LogP contribution is -2.29. The van der Waals surface area contributed by atoms with Gasteiger partial charge in [0.2, 0.25) is 5.91 Å². The zero-order chi connectivity index (χ0) is 13.8. The highest BCUT2D eigenvalue weighted by atomic mass is 16.1. The van der Waals surface area contributed by atoms with E-state index in [1.807, 2.05) is 12.1 Å². The number of nitrogens with one attached hydrogen (secondary N) is 1. The molecule has 3 heteroatoms. The van der Waals surface area contributed by atoms with Crippen molar-refractivity contribution in [3.63, 3.8) is 0 Å². The van der Waals surface area contributed by atoms with Crippen molar-refractivity contribution in [3.05, 3.63) is 29.8 Å². The summed E-state index contributed by atoms with van der Waals surface area (Å²) in [5.41, 5.74) is 7.89. The van der Waals surface area contributed by atoms with Crippen LogP contribution in [-0.4, -0.2) is 12.5 Å². The van der Waals surface area contributed by atoms with Crippen LogP contribution < -0.4 is 11.1 Å². The fourth-order valence-electron chi connectivity index (χ4n) is 2.87. The Morgan fingerprint density at radius 2 is 2.21 bits per heavy atom. The highest BCUT2D eigenvalue weighted by Crippen LogP contribution is 2.32. The molecule has 2 unspecified atom stereocenters. The fourth-order valence-corrected chi connectivity index (χ4v) is 2.87. The van der Waals surface area contributed by atoms with Crippen LogP contribution in [0.1, 0.15) is 44.6 Å². The summed E-state index contributed by atoms with van der Waals surface area (Å²) in [4.78, 5) is 12.3. The Hall–Kier alpha value is -1.35. The smallest absolute Gasteiger partial charge is 0.227 e. The molecule has 2 atom stereocenters. The standard InChI is InChI=1S/C16H24N2O/c1-11(2)12-5-3-7-14(9-12)18-16(19)15-8-4-6-13(15)10-17/h3,5,7,9,11,13,15H,4,6,8,10,17H2,1-2H3,(H,18,19). The zero-order valence-electron chi connectivity index (χ0n) is 11.9. The molecule has 0 aromatic heterocycles. The topological polar surface area (TPSA) is 55.1 Å². The molecule has 1 aromatic rings. The minimum Gasteiger partial charge on any atom is -0.330 e. The minimum absolute atomic E-state index is 0.0905. The van der Waals surface area contributed by atoms with Crippen LogP contribution in [-0.2, 0) is 4.79 Å². The number of amides is 1. The Labute approximate surface area is 115 Å². The van der Waals surface area contributed by atoms with E-state index >= 15 is 0 Å². The first-order valence-corrected chi connectivity index (χ1v) is 7.22. The SMILES string of the molecule is CC(C)c1cccc(NC(=O)C2CCCC2CN)c1. The second-order valence-corrected chi connectivity index (χ2v) is 5.80.